The summed E-state index contributed by atoms with van der Waals surface area (Å²) in [5.41, 5.74) is 1.47. The first-order valence-electron chi connectivity index (χ1n) is 11.1. The Morgan fingerprint density at radius 1 is 1.09 bits per heavy atom. The largest absolute Gasteiger partial charge is 0.394 e. The van der Waals surface area contributed by atoms with Crippen LogP contribution in [-0.4, -0.2) is 83.2 Å². The Morgan fingerprint density at radius 2 is 1.75 bits per heavy atom. The van der Waals surface area contributed by atoms with Crippen LogP contribution in [-0.2, 0) is 19.2 Å². The molecule has 0 bridgehead atoms. The van der Waals surface area contributed by atoms with E-state index in [-0.39, 0.29) is 30.2 Å². The lowest BCUT2D eigenvalue weighted by molar-refractivity contribution is -0.137. The molecule has 4 amide bonds. The zero-order valence-corrected chi connectivity index (χ0v) is 19.1. The van der Waals surface area contributed by atoms with Crippen LogP contribution in [0.25, 0.3) is 0 Å². The molecule has 182 valence electrons. The third-order valence-corrected chi connectivity index (χ3v) is 5.44. The van der Waals surface area contributed by atoms with Crippen molar-refractivity contribution < 1.29 is 29.5 Å². The van der Waals surface area contributed by atoms with Crippen LogP contribution in [0.4, 0.5) is 0 Å². The minimum absolute atomic E-state index is 0.0453. The quantitative estimate of drug-likeness (QED) is 0.119. The maximum absolute atomic E-state index is 12.9. The number of hydrogen-bond donors (Lipinski definition) is 6. The van der Waals surface area contributed by atoms with Crippen molar-refractivity contribution in [1.29, 1.82) is 0 Å². The SMILES string of the molecule is CCC(C)C(NCC(C)NC(=O)/C=C\CC(=O)NO)C(=O)NC(CO)C(=O)N1CCCC1. The second kappa shape index (κ2) is 14.5. The van der Waals surface area contributed by atoms with Crippen molar-refractivity contribution in [3.63, 3.8) is 0 Å². The number of nitrogens with one attached hydrogen (secondary N) is 4. The predicted molar refractivity (Wildman–Crippen MR) is 117 cm³/mol. The van der Waals surface area contributed by atoms with Gasteiger partial charge >= 0.3 is 0 Å². The van der Waals surface area contributed by atoms with E-state index in [4.69, 9.17) is 5.21 Å². The number of aliphatic hydroxyl groups is 1. The van der Waals surface area contributed by atoms with Crippen LogP contribution in [0.1, 0.15) is 46.5 Å². The van der Waals surface area contributed by atoms with E-state index in [0.29, 0.717) is 26.1 Å². The molecule has 0 aliphatic carbocycles. The maximum Gasteiger partial charge on any atom is 0.247 e. The van der Waals surface area contributed by atoms with Gasteiger partial charge in [-0.3, -0.25) is 24.4 Å². The molecule has 0 spiro atoms. The van der Waals surface area contributed by atoms with Crippen LogP contribution < -0.4 is 21.4 Å². The number of amides is 4. The molecule has 1 aliphatic rings. The van der Waals surface area contributed by atoms with Gasteiger partial charge in [0.05, 0.1) is 12.6 Å². The van der Waals surface area contributed by atoms with E-state index in [1.54, 1.807) is 11.8 Å². The summed E-state index contributed by atoms with van der Waals surface area (Å²) in [7, 11) is 0. The molecule has 1 rings (SSSR count). The highest BCUT2D eigenvalue weighted by Crippen LogP contribution is 2.11. The second-order valence-electron chi connectivity index (χ2n) is 8.10. The molecule has 6 N–H and O–H groups in total. The molecule has 0 aromatic carbocycles. The van der Waals surface area contributed by atoms with E-state index in [1.165, 1.54) is 17.6 Å². The van der Waals surface area contributed by atoms with Gasteiger partial charge in [0.1, 0.15) is 6.04 Å². The standard InChI is InChI=1S/C21H37N5O6/c1-4-14(2)19(20(30)24-16(13-27)21(31)26-10-5-6-11-26)22-12-15(3)23-17(28)8-7-9-18(29)25-32/h7-8,14-16,19,22,27,32H,4-6,9-13H2,1-3H3,(H,23,28)(H,24,30)(H,25,29)/b8-7-. The minimum atomic E-state index is -0.979. The first-order chi connectivity index (χ1) is 15.2. The smallest absolute Gasteiger partial charge is 0.247 e. The number of likely N-dealkylation sites (tertiary alicyclic amines) is 1. The first-order valence-corrected chi connectivity index (χ1v) is 11.1. The summed E-state index contributed by atoms with van der Waals surface area (Å²) in [6.45, 7) is 6.71. The fourth-order valence-electron chi connectivity index (χ4n) is 3.36. The topological polar surface area (TPSA) is 160 Å². The van der Waals surface area contributed by atoms with Crippen molar-refractivity contribution in [1.82, 2.24) is 26.3 Å². The van der Waals surface area contributed by atoms with Gasteiger partial charge in [0.15, 0.2) is 0 Å². The molecule has 11 heteroatoms. The summed E-state index contributed by atoms with van der Waals surface area (Å²) in [5.74, 6) is -1.74. The number of carbonyl (C=O) groups excluding carboxylic acids is 4. The molecule has 0 aromatic rings. The Labute approximate surface area is 188 Å². The van der Waals surface area contributed by atoms with Gasteiger partial charge in [0, 0.05) is 32.1 Å². The Bertz CT molecular complexity index is 665. The molecule has 4 atom stereocenters. The van der Waals surface area contributed by atoms with Crippen LogP contribution in [0.15, 0.2) is 12.2 Å². The monoisotopic (exact) mass is 455 g/mol. The minimum Gasteiger partial charge on any atom is -0.394 e. The Morgan fingerprint density at radius 3 is 2.31 bits per heavy atom. The molecule has 1 aliphatic heterocycles. The van der Waals surface area contributed by atoms with Crippen LogP contribution in [0.5, 0.6) is 0 Å². The third-order valence-electron chi connectivity index (χ3n) is 5.44. The van der Waals surface area contributed by atoms with Gasteiger partial charge in [-0.25, -0.2) is 5.48 Å². The van der Waals surface area contributed by atoms with Gasteiger partial charge < -0.3 is 26.0 Å². The number of hydrogen-bond acceptors (Lipinski definition) is 7. The van der Waals surface area contributed by atoms with Crippen molar-refractivity contribution in [3.05, 3.63) is 12.2 Å². The highest BCUT2D eigenvalue weighted by Gasteiger charge is 2.31. The summed E-state index contributed by atoms with van der Waals surface area (Å²) in [5, 5.41) is 26.6. The van der Waals surface area contributed by atoms with E-state index < -0.39 is 30.5 Å². The normalized spacial score (nSPS) is 17.5. The zero-order valence-electron chi connectivity index (χ0n) is 19.1. The molecule has 0 saturated carbocycles. The number of aliphatic hydroxyl groups excluding tert-OH is 1. The summed E-state index contributed by atoms with van der Waals surface area (Å²) >= 11 is 0. The van der Waals surface area contributed by atoms with Gasteiger partial charge in [-0.05, 0) is 31.8 Å². The third kappa shape index (κ3) is 9.33. The molecular weight excluding hydrogens is 418 g/mol. The Hall–Kier alpha value is -2.50. The van der Waals surface area contributed by atoms with E-state index in [0.717, 1.165) is 12.8 Å². The number of carbonyl (C=O) groups is 4. The van der Waals surface area contributed by atoms with Gasteiger partial charge in [-0.15, -0.1) is 0 Å². The van der Waals surface area contributed by atoms with Crippen molar-refractivity contribution in [2.24, 2.45) is 5.92 Å². The maximum atomic E-state index is 12.9. The summed E-state index contributed by atoms with van der Waals surface area (Å²) in [6, 6.07) is -1.91. The summed E-state index contributed by atoms with van der Waals surface area (Å²) < 4.78 is 0. The van der Waals surface area contributed by atoms with Gasteiger partial charge in [0.25, 0.3) is 0 Å². The van der Waals surface area contributed by atoms with Crippen LogP contribution >= 0.6 is 0 Å². The second-order valence-corrected chi connectivity index (χ2v) is 8.10. The fraction of sp³-hybridized carbons (Fsp3) is 0.714. The van der Waals surface area contributed by atoms with Crippen molar-refractivity contribution in [2.75, 3.05) is 26.2 Å². The van der Waals surface area contributed by atoms with E-state index in [2.05, 4.69) is 16.0 Å². The fourth-order valence-corrected chi connectivity index (χ4v) is 3.36. The van der Waals surface area contributed by atoms with Crippen molar-refractivity contribution in [3.8, 4) is 0 Å². The highest BCUT2D eigenvalue weighted by atomic mass is 16.5. The van der Waals surface area contributed by atoms with E-state index in [9.17, 15) is 24.3 Å². The molecule has 0 aromatic heterocycles. The molecule has 1 heterocycles. The van der Waals surface area contributed by atoms with E-state index in [1.807, 2.05) is 13.8 Å². The van der Waals surface area contributed by atoms with Crippen molar-refractivity contribution >= 4 is 23.6 Å². The Kier molecular flexibility index (Phi) is 12.5. The number of hydroxylamine groups is 1. The average Bonchev–Trinajstić information content (AvgIpc) is 3.31. The summed E-state index contributed by atoms with van der Waals surface area (Å²) in [4.78, 5) is 49.9. The average molecular weight is 456 g/mol. The van der Waals surface area contributed by atoms with Crippen LogP contribution in [0.2, 0.25) is 0 Å². The predicted octanol–water partition coefficient (Wildman–Crippen LogP) is -0.953. The van der Waals surface area contributed by atoms with Crippen LogP contribution in [0, 0.1) is 5.92 Å². The Balaban J connectivity index is 2.61. The molecule has 1 saturated heterocycles. The van der Waals surface area contributed by atoms with Crippen molar-refractivity contribution in [2.45, 2.75) is 64.6 Å². The zero-order chi connectivity index (χ0) is 24.1. The first kappa shape index (κ1) is 27.5. The van der Waals surface area contributed by atoms with Gasteiger partial charge in [-0.2, -0.15) is 0 Å². The molecule has 0 radical (unpaired) electrons. The van der Waals surface area contributed by atoms with Gasteiger partial charge in [0.2, 0.25) is 23.6 Å². The molecule has 4 unspecified atom stereocenters. The van der Waals surface area contributed by atoms with Crippen LogP contribution in [0.3, 0.4) is 0 Å². The lowest BCUT2D eigenvalue weighted by atomic mass is 9.97. The highest BCUT2D eigenvalue weighted by molar-refractivity contribution is 5.90. The lowest BCUT2D eigenvalue weighted by Gasteiger charge is -2.28. The number of nitrogens with zero attached hydrogens (tertiary/aromatic N) is 1. The molecule has 11 nitrogen and oxygen atoms in total. The van der Waals surface area contributed by atoms with E-state index >= 15 is 0 Å². The lowest BCUT2D eigenvalue weighted by Crippen LogP contribution is -2.57. The molecule has 1 fully saturated rings. The molecule has 32 heavy (non-hydrogen) atoms. The summed E-state index contributed by atoms with van der Waals surface area (Å²) in [6.07, 6.45) is 4.94. The van der Waals surface area contributed by atoms with Gasteiger partial charge in [-0.1, -0.05) is 26.3 Å². The molecular formula is C21H37N5O6. The number of rotatable bonds is 13.